The zero-order valence-corrected chi connectivity index (χ0v) is 9.68. The van der Waals surface area contributed by atoms with Crippen LogP contribution in [0.1, 0.15) is 40.0 Å². The molecule has 0 aromatic rings. The molecule has 13 heavy (non-hydrogen) atoms. The van der Waals surface area contributed by atoms with Crippen molar-refractivity contribution in [1.29, 1.82) is 0 Å². The standard InChI is InChI=1S/C11H21ClO/c1-8(2)10-5-4-9(3)6-11(10)13-7-12/h8-11H,4-7H2,1-3H3/t9-,10+,11-/m1/s1. The molecule has 0 aliphatic heterocycles. The second-order valence-electron chi connectivity index (χ2n) is 4.64. The Morgan fingerprint density at radius 2 is 2.08 bits per heavy atom. The average molecular weight is 205 g/mol. The SMILES string of the molecule is CC(C)[C@@H]1CC[C@@H](C)C[C@H]1OCCl. The molecule has 0 heterocycles. The lowest BCUT2D eigenvalue weighted by Crippen LogP contribution is -2.34. The van der Waals surface area contributed by atoms with E-state index >= 15 is 0 Å². The summed E-state index contributed by atoms with van der Waals surface area (Å²) in [5.74, 6) is 2.25. The fraction of sp³-hybridized carbons (Fsp3) is 1.00. The van der Waals surface area contributed by atoms with Crippen molar-refractivity contribution < 1.29 is 4.74 Å². The van der Waals surface area contributed by atoms with Gasteiger partial charge in [0.15, 0.2) is 0 Å². The highest BCUT2D eigenvalue weighted by Gasteiger charge is 2.30. The Hall–Kier alpha value is 0.250. The molecule has 0 bridgehead atoms. The van der Waals surface area contributed by atoms with E-state index in [4.69, 9.17) is 16.3 Å². The first-order valence-corrected chi connectivity index (χ1v) is 5.86. The van der Waals surface area contributed by atoms with Gasteiger partial charge in [0.05, 0.1) is 6.10 Å². The first-order chi connectivity index (χ1) is 6.15. The molecular weight excluding hydrogens is 184 g/mol. The van der Waals surface area contributed by atoms with E-state index in [0.29, 0.717) is 12.2 Å². The van der Waals surface area contributed by atoms with Crippen molar-refractivity contribution in [2.75, 3.05) is 6.07 Å². The first-order valence-electron chi connectivity index (χ1n) is 5.32. The molecule has 0 aromatic heterocycles. The number of halogens is 1. The minimum Gasteiger partial charge on any atom is -0.362 e. The molecule has 2 heteroatoms. The lowest BCUT2D eigenvalue weighted by atomic mass is 9.75. The summed E-state index contributed by atoms with van der Waals surface area (Å²) in [7, 11) is 0. The highest BCUT2D eigenvalue weighted by molar-refractivity contribution is 6.17. The molecule has 1 nitrogen and oxygen atoms in total. The summed E-state index contributed by atoms with van der Waals surface area (Å²) in [4.78, 5) is 0. The van der Waals surface area contributed by atoms with Crippen molar-refractivity contribution in [2.45, 2.75) is 46.1 Å². The summed E-state index contributed by atoms with van der Waals surface area (Å²) in [6.45, 7) is 6.87. The largest absolute Gasteiger partial charge is 0.362 e. The van der Waals surface area contributed by atoms with Crippen LogP contribution in [0.15, 0.2) is 0 Å². The molecule has 1 rings (SSSR count). The molecule has 0 saturated heterocycles. The summed E-state index contributed by atoms with van der Waals surface area (Å²) in [5, 5.41) is 0. The van der Waals surface area contributed by atoms with Crippen molar-refractivity contribution in [2.24, 2.45) is 17.8 Å². The van der Waals surface area contributed by atoms with Gasteiger partial charge in [-0.3, -0.25) is 0 Å². The number of hydrogen-bond acceptors (Lipinski definition) is 1. The van der Waals surface area contributed by atoms with Gasteiger partial charge in [-0.05, 0) is 30.6 Å². The number of alkyl halides is 1. The second-order valence-corrected chi connectivity index (χ2v) is 4.86. The minimum absolute atomic E-state index is 0.348. The van der Waals surface area contributed by atoms with Crippen LogP contribution < -0.4 is 0 Å². The average Bonchev–Trinajstić information content (AvgIpc) is 2.04. The minimum atomic E-state index is 0.348. The monoisotopic (exact) mass is 204 g/mol. The predicted octanol–water partition coefficient (Wildman–Crippen LogP) is 3.66. The molecule has 78 valence electrons. The van der Waals surface area contributed by atoms with E-state index in [1.54, 1.807) is 0 Å². The fourth-order valence-corrected chi connectivity index (χ4v) is 2.55. The molecule has 0 spiro atoms. The molecule has 0 aromatic carbocycles. The highest BCUT2D eigenvalue weighted by Crippen LogP contribution is 2.35. The van der Waals surface area contributed by atoms with E-state index in [1.807, 2.05) is 0 Å². The van der Waals surface area contributed by atoms with Crippen LogP contribution in [-0.4, -0.2) is 12.2 Å². The van der Waals surface area contributed by atoms with E-state index in [1.165, 1.54) is 19.3 Å². The third-order valence-corrected chi connectivity index (χ3v) is 3.36. The maximum Gasteiger partial charge on any atom is 0.121 e. The van der Waals surface area contributed by atoms with E-state index in [2.05, 4.69) is 20.8 Å². The summed E-state index contributed by atoms with van der Waals surface area (Å²) < 4.78 is 5.59. The summed E-state index contributed by atoms with van der Waals surface area (Å²) in [5.41, 5.74) is 0. The molecule has 0 radical (unpaired) electrons. The Labute approximate surface area is 86.8 Å². The van der Waals surface area contributed by atoms with Crippen LogP contribution in [0, 0.1) is 17.8 Å². The third kappa shape index (κ3) is 3.14. The lowest BCUT2D eigenvalue weighted by molar-refractivity contribution is -0.0187. The van der Waals surface area contributed by atoms with Gasteiger partial charge in [0.1, 0.15) is 6.07 Å². The van der Waals surface area contributed by atoms with Gasteiger partial charge in [-0.25, -0.2) is 0 Å². The van der Waals surface area contributed by atoms with E-state index < -0.39 is 0 Å². The topological polar surface area (TPSA) is 9.23 Å². The molecule has 0 amide bonds. The van der Waals surface area contributed by atoms with Crippen molar-refractivity contribution in [3.05, 3.63) is 0 Å². The molecule has 1 aliphatic carbocycles. The Balaban J connectivity index is 2.50. The normalized spacial score (nSPS) is 35.3. The first kappa shape index (κ1) is 11.3. The van der Waals surface area contributed by atoms with Crippen molar-refractivity contribution >= 4 is 11.6 Å². The smallest absolute Gasteiger partial charge is 0.121 e. The Morgan fingerprint density at radius 3 is 2.62 bits per heavy atom. The van der Waals surface area contributed by atoms with Crippen LogP contribution in [0.25, 0.3) is 0 Å². The van der Waals surface area contributed by atoms with Crippen LogP contribution in [-0.2, 0) is 4.74 Å². The van der Waals surface area contributed by atoms with E-state index in [9.17, 15) is 0 Å². The molecule has 1 fully saturated rings. The van der Waals surface area contributed by atoms with Crippen molar-refractivity contribution in [3.8, 4) is 0 Å². The van der Waals surface area contributed by atoms with Gasteiger partial charge in [0.2, 0.25) is 0 Å². The molecule has 3 atom stereocenters. The maximum atomic E-state index is 5.63. The van der Waals surface area contributed by atoms with Crippen LogP contribution in [0.5, 0.6) is 0 Å². The molecule has 0 unspecified atom stereocenters. The number of ether oxygens (including phenoxy) is 1. The summed E-state index contributed by atoms with van der Waals surface area (Å²) in [6, 6.07) is 0.348. The second kappa shape index (κ2) is 5.21. The maximum absolute atomic E-state index is 5.63. The van der Waals surface area contributed by atoms with E-state index in [-0.39, 0.29) is 0 Å². The van der Waals surface area contributed by atoms with Gasteiger partial charge >= 0.3 is 0 Å². The number of hydrogen-bond donors (Lipinski definition) is 0. The number of rotatable bonds is 3. The van der Waals surface area contributed by atoms with E-state index in [0.717, 1.165) is 17.8 Å². The Bertz CT molecular complexity index is 147. The van der Waals surface area contributed by atoms with Crippen LogP contribution in [0.2, 0.25) is 0 Å². The van der Waals surface area contributed by atoms with Gasteiger partial charge in [0, 0.05) is 0 Å². The molecule has 0 N–H and O–H groups in total. The Morgan fingerprint density at radius 1 is 1.38 bits per heavy atom. The zero-order valence-electron chi connectivity index (χ0n) is 8.92. The predicted molar refractivity (Wildman–Crippen MR) is 56.9 cm³/mol. The van der Waals surface area contributed by atoms with Gasteiger partial charge in [-0.2, -0.15) is 0 Å². The quantitative estimate of drug-likeness (QED) is 0.638. The fourth-order valence-electron chi connectivity index (χ4n) is 2.39. The Kier molecular flexibility index (Phi) is 4.54. The molecule has 1 saturated carbocycles. The molecular formula is C11H21ClO. The van der Waals surface area contributed by atoms with Gasteiger partial charge in [-0.15, -0.1) is 0 Å². The van der Waals surface area contributed by atoms with Gasteiger partial charge < -0.3 is 4.74 Å². The van der Waals surface area contributed by atoms with Crippen LogP contribution >= 0.6 is 11.6 Å². The van der Waals surface area contributed by atoms with Crippen molar-refractivity contribution in [1.82, 2.24) is 0 Å². The highest BCUT2D eigenvalue weighted by atomic mass is 35.5. The molecule has 1 aliphatic rings. The zero-order chi connectivity index (χ0) is 9.84. The van der Waals surface area contributed by atoms with Gasteiger partial charge in [-0.1, -0.05) is 38.8 Å². The summed E-state index contributed by atoms with van der Waals surface area (Å²) in [6.07, 6.45) is 4.25. The van der Waals surface area contributed by atoms with Gasteiger partial charge in [0.25, 0.3) is 0 Å². The lowest BCUT2D eigenvalue weighted by Gasteiger charge is -2.36. The van der Waals surface area contributed by atoms with Crippen LogP contribution in [0.3, 0.4) is 0 Å². The summed E-state index contributed by atoms with van der Waals surface area (Å²) >= 11 is 5.63. The third-order valence-electron chi connectivity index (χ3n) is 3.24. The van der Waals surface area contributed by atoms with Crippen molar-refractivity contribution in [3.63, 3.8) is 0 Å². The van der Waals surface area contributed by atoms with Crippen LogP contribution in [0.4, 0.5) is 0 Å².